The third-order valence-corrected chi connectivity index (χ3v) is 7.02. The molecule has 0 saturated heterocycles. The molecule has 3 aromatic rings. The third-order valence-electron chi connectivity index (χ3n) is 5.94. The molecule has 0 heterocycles. The van der Waals surface area contributed by atoms with Crippen molar-refractivity contribution in [3.05, 3.63) is 95.1 Å². The predicted octanol–water partition coefficient (Wildman–Crippen LogP) is 4.54. The summed E-state index contributed by atoms with van der Waals surface area (Å²) in [7, 11) is 0. The SMILES string of the molecule is O=C(O)Cc1ccccc1CSCC(NC(=O)OCC1c2ccccc2-c2ccccc21)C(=O)O. The van der Waals surface area contributed by atoms with Gasteiger partial charge >= 0.3 is 18.0 Å². The van der Waals surface area contributed by atoms with E-state index < -0.39 is 24.1 Å². The van der Waals surface area contributed by atoms with Crippen molar-refractivity contribution in [2.45, 2.75) is 24.1 Å². The molecule has 0 fully saturated rings. The molecule has 35 heavy (non-hydrogen) atoms. The number of alkyl carbamates (subject to hydrolysis) is 1. The summed E-state index contributed by atoms with van der Waals surface area (Å²) in [6.45, 7) is 0.0991. The first kappa shape index (κ1) is 24.3. The lowest BCUT2D eigenvalue weighted by Crippen LogP contribution is -2.43. The number of thioether (sulfide) groups is 1. The molecule has 0 aliphatic heterocycles. The number of carboxylic acids is 2. The van der Waals surface area contributed by atoms with Gasteiger partial charge in [-0.2, -0.15) is 11.8 Å². The number of carboxylic acid groups (broad SMARTS) is 2. The molecule has 0 bridgehead atoms. The Balaban J connectivity index is 1.33. The zero-order chi connectivity index (χ0) is 24.8. The lowest BCUT2D eigenvalue weighted by molar-refractivity contribution is -0.139. The van der Waals surface area contributed by atoms with Crippen molar-refractivity contribution in [1.82, 2.24) is 5.32 Å². The Hall–Kier alpha value is -3.78. The van der Waals surface area contributed by atoms with Crippen LogP contribution in [-0.2, 0) is 26.5 Å². The molecule has 3 N–H and O–H groups in total. The Kier molecular flexibility index (Phi) is 7.72. The van der Waals surface area contributed by atoms with Gasteiger partial charge in [-0.3, -0.25) is 4.79 Å². The molecule has 1 atom stereocenters. The number of hydrogen-bond donors (Lipinski definition) is 3. The number of carbonyl (C=O) groups excluding carboxylic acids is 1. The van der Waals surface area contributed by atoms with Gasteiger partial charge in [0.15, 0.2) is 0 Å². The molecule has 3 aromatic carbocycles. The molecule has 1 amide bonds. The number of rotatable bonds is 10. The van der Waals surface area contributed by atoms with Gasteiger partial charge in [0.05, 0.1) is 6.42 Å². The molecule has 7 nitrogen and oxygen atoms in total. The zero-order valence-electron chi connectivity index (χ0n) is 18.8. The van der Waals surface area contributed by atoms with Crippen molar-refractivity contribution in [1.29, 1.82) is 0 Å². The molecule has 1 aliphatic rings. The van der Waals surface area contributed by atoms with E-state index in [2.05, 4.69) is 5.32 Å². The monoisotopic (exact) mass is 491 g/mol. The van der Waals surface area contributed by atoms with Crippen LogP contribution in [0.25, 0.3) is 11.1 Å². The quantitative estimate of drug-likeness (QED) is 0.382. The third kappa shape index (κ3) is 5.84. The van der Waals surface area contributed by atoms with Gasteiger partial charge in [0.25, 0.3) is 0 Å². The molecule has 0 saturated carbocycles. The highest BCUT2D eigenvalue weighted by molar-refractivity contribution is 7.98. The Labute approximate surface area is 207 Å². The number of aliphatic carboxylic acids is 2. The van der Waals surface area contributed by atoms with E-state index in [1.54, 1.807) is 12.1 Å². The van der Waals surface area contributed by atoms with Crippen molar-refractivity contribution >= 4 is 29.8 Å². The van der Waals surface area contributed by atoms with Crippen LogP contribution >= 0.6 is 11.8 Å². The summed E-state index contributed by atoms with van der Waals surface area (Å²) in [6, 6.07) is 22.0. The fourth-order valence-electron chi connectivity index (χ4n) is 4.28. The summed E-state index contributed by atoms with van der Waals surface area (Å²) in [6.07, 6.45) is -0.886. The molecular weight excluding hydrogens is 466 g/mol. The van der Waals surface area contributed by atoms with Crippen molar-refractivity contribution in [3.8, 4) is 11.1 Å². The van der Waals surface area contributed by atoms with E-state index >= 15 is 0 Å². The van der Waals surface area contributed by atoms with Gasteiger partial charge in [-0.15, -0.1) is 0 Å². The molecule has 0 radical (unpaired) electrons. The van der Waals surface area contributed by atoms with E-state index in [1.807, 2.05) is 60.7 Å². The van der Waals surface area contributed by atoms with Crippen molar-refractivity contribution in [3.63, 3.8) is 0 Å². The zero-order valence-corrected chi connectivity index (χ0v) is 19.7. The minimum Gasteiger partial charge on any atom is -0.481 e. The highest BCUT2D eigenvalue weighted by Gasteiger charge is 2.29. The first-order chi connectivity index (χ1) is 16.9. The molecule has 0 aromatic heterocycles. The molecular formula is C27H25NO6S. The number of benzene rings is 3. The highest BCUT2D eigenvalue weighted by atomic mass is 32.2. The van der Waals surface area contributed by atoms with Crippen molar-refractivity contribution < 1.29 is 29.3 Å². The fourth-order valence-corrected chi connectivity index (χ4v) is 5.36. The summed E-state index contributed by atoms with van der Waals surface area (Å²) in [5, 5.41) is 21.1. The van der Waals surface area contributed by atoms with Crippen LogP contribution in [0.1, 0.15) is 28.2 Å². The van der Waals surface area contributed by atoms with Gasteiger partial charge in [0.2, 0.25) is 0 Å². The lowest BCUT2D eigenvalue weighted by Gasteiger charge is -2.17. The summed E-state index contributed by atoms with van der Waals surface area (Å²) < 4.78 is 5.46. The maximum atomic E-state index is 12.5. The average molecular weight is 492 g/mol. The molecule has 8 heteroatoms. The minimum absolute atomic E-state index is 0.0991. The molecule has 1 aliphatic carbocycles. The van der Waals surface area contributed by atoms with E-state index in [-0.39, 0.29) is 24.7 Å². The van der Waals surface area contributed by atoms with Gasteiger partial charge in [-0.1, -0.05) is 72.8 Å². The maximum Gasteiger partial charge on any atom is 0.407 e. The van der Waals surface area contributed by atoms with Gasteiger partial charge in [-0.25, -0.2) is 9.59 Å². The minimum atomic E-state index is -1.16. The first-order valence-corrected chi connectivity index (χ1v) is 12.3. The van der Waals surface area contributed by atoms with Crippen LogP contribution in [0.2, 0.25) is 0 Å². The Bertz CT molecular complexity index is 1200. The largest absolute Gasteiger partial charge is 0.481 e. The van der Waals surface area contributed by atoms with Crippen LogP contribution in [0.15, 0.2) is 72.8 Å². The number of fused-ring (bicyclic) bond motifs is 3. The van der Waals surface area contributed by atoms with Gasteiger partial charge < -0.3 is 20.3 Å². The molecule has 1 unspecified atom stereocenters. The maximum absolute atomic E-state index is 12.5. The summed E-state index contributed by atoms with van der Waals surface area (Å²) >= 11 is 1.31. The standard InChI is InChI=1S/C27H25NO6S/c29-25(30)13-17-7-1-2-8-18(17)15-35-16-24(26(31)32)28-27(33)34-14-23-21-11-5-3-9-19(21)20-10-4-6-12-22(20)23/h1-12,23-24H,13-16H2,(H,28,33)(H,29,30)(H,31,32). The number of ether oxygens (including phenoxy) is 1. The normalized spacial score (nSPS) is 12.9. The van der Waals surface area contributed by atoms with Crippen LogP contribution < -0.4 is 5.32 Å². The lowest BCUT2D eigenvalue weighted by atomic mass is 9.98. The topological polar surface area (TPSA) is 113 Å². The Morgan fingerprint density at radius 2 is 1.43 bits per heavy atom. The van der Waals surface area contributed by atoms with Crippen LogP contribution in [0.3, 0.4) is 0 Å². The smallest absolute Gasteiger partial charge is 0.407 e. The second kappa shape index (κ2) is 11.1. The van der Waals surface area contributed by atoms with Crippen LogP contribution in [0, 0.1) is 0 Å². The second-order valence-corrected chi connectivity index (χ2v) is 9.25. The average Bonchev–Trinajstić information content (AvgIpc) is 3.16. The molecule has 180 valence electrons. The van der Waals surface area contributed by atoms with E-state index in [0.717, 1.165) is 27.8 Å². The molecule has 4 rings (SSSR count). The Morgan fingerprint density at radius 3 is 2.03 bits per heavy atom. The first-order valence-electron chi connectivity index (χ1n) is 11.1. The Morgan fingerprint density at radius 1 is 0.857 bits per heavy atom. The number of hydrogen-bond acceptors (Lipinski definition) is 5. The van der Waals surface area contributed by atoms with Crippen LogP contribution in [-0.4, -0.2) is 46.6 Å². The second-order valence-electron chi connectivity index (χ2n) is 8.22. The van der Waals surface area contributed by atoms with E-state index in [4.69, 9.17) is 9.84 Å². The van der Waals surface area contributed by atoms with Gasteiger partial charge in [0, 0.05) is 17.4 Å². The van der Waals surface area contributed by atoms with Crippen molar-refractivity contribution in [2.75, 3.05) is 12.4 Å². The highest BCUT2D eigenvalue weighted by Crippen LogP contribution is 2.44. The van der Waals surface area contributed by atoms with E-state index in [1.165, 1.54) is 11.8 Å². The number of amides is 1. The summed E-state index contributed by atoms with van der Waals surface area (Å²) in [5.74, 6) is -1.66. The van der Waals surface area contributed by atoms with Gasteiger partial charge in [0.1, 0.15) is 12.6 Å². The van der Waals surface area contributed by atoms with E-state index in [9.17, 15) is 19.5 Å². The number of nitrogens with one attached hydrogen (secondary N) is 1. The predicted molar refractivity (Wildman–Crippen MR) is 134 cm³/mol. The summed E-state index contributed by atoms with van der Waals surface area (Å²) in [5.41, 5.74) is 5.88. The van der Waals surface area contributed by atoms with Crippen molar-refractivity contribution in [2.24, 2.45) is 0 Å². The van der Waals surface area contributed by atoms with Crippen LogP contribution in [0.5, 0.6) is 0 Å². The van der Waals surface area contributed by atoms with Gasteiger partial charge in [-0.05, 0) is 33.4 Å². The number of carbonyl (C=O) groups is 3. The van der Waals surface area contributed by atoms with Crippen LogP contribution in [0.4, 0.5) is 4.79 Å². The summed E-state index contributed by atoms with van der Waals surface area (Å²) in [4.78, 5) is 35.3. The molecule has 0 spiro atoms. The fraction of sp³-hybridized carbons (Fsp3) is 0.222. The van der Waals surface area contributed by atoms with E-state index in [0.29, 0.717) is 11.3 Å².